The highest BCUT2D eigenvalue weighted by atomic mass is 79.9. The van der Waals surface area contributed by atoms with Crippen LogP contribution in [0.4, 0.5) is 0 Å². The number of rotatable bonds is 4. The normalized spacial score (nSPS) is 12.2. The fourth-order valence-corrected chi connectivity index (χ4v) is 3.04. The van der Waals surface area contributed by atoms with E-state index in [4.69, 9.17) is 15.2 Å². The monoisotopic (exact) mass is 327 g/mol. The van der Waals surface area contributed by atoms with Crippen LogP contribution in [0, 0.1) is 0 Å². The number of benzene rings is 1. The van der Waals surface area contributed by atoms with Gasteiger partial charge in [-0.05, 0) is 29.1 Å². The molecule has 3 nitrogen and oxygen atoms in total. The second kappa shape index (κ2) is 5.73. The SMILES string of the molecule is COc1cc(Br)c([C@H](N)c2cccs2)cc1OC. The van der Waals surface area contributed by atoms with E-state index in [-0.39, 0.29) is 6.04 Å². The van der Waals surface area contributed by atoms with E-state index in [2.05, 4.69) is 15.9 Å². The van der Waals surface area contributed by atoms with Crippen molar-refractivity contribution in [2.24, 2.45) is 5.73 Å². The van der Waals surface area contributed by atoms with Crippen molar-refractivity contribution in [3.05, 3.63) is 44.6 Å². The largest absolute Gasteiger partial charge is 0.493 e. The van der Waals surface area contributed by atoms with Gasteiger partial charge in [0.25, 0.3) is 0 Å². The van der Waals surface area contributed by atoms with Crippen LogP contribution in [0.1, 0.15) is 16.5 Å². The maximum absolute atomic E-state index is 6.26. The first-order valence-electron chi connectivity index (χ1n) is 5.37. The third-order valence-electron chi connectivity index (χ3n) is 2.69. The van der Waals surface area contributed by atoms with Gasteiger partial charge in [-0.25, -0.2) is 0 Å². The third kappa shape index (κ3) is 2.53. The van der Waals surface area contributed by atoms with Crippen molar-refractivity contribution < 1.29 is 9.47 Å². The summed E-state index contributed by atoms with van der Waals surface area (Å²) in [4.78, 5) is 1.11. The van der Waals surface area contributed by atoms with Crippen LogP contribution in [0.3, 0.4) is 0 Å². The minimum atomic E-state index is -0.167. The van der Waals surface area contributed by atoms with Gasteiger partial charge in [0, 0.05) is 9.35 Å². The average Bonchev–Trinajstić information content (AvgIpc) is 2.91. The highest BCUT2D eigenvalue weighted by Gasteiger charge is 2.17. The van der Waals surface area contributed by atoms with Crippen LogP contribution < -0.4 is 15.2 Å². The fourth-order valence-electron chi connectivity index (χ4n) is 1.73. The van der Waals surface area contributed by atoms with Crippen LogP contribution in [-0.2, 0) is 0 Å². The summed E-state index contributed by atoms with van der Waals surface area (Å²) in [5.41, 5.74) is 7.24. The summed E-state index contributed by atoms with van der Waals surface area (Å²) < 4.78 is 11.5. The number of hydrogen-bond acceptors (Lipinski definition) is 4. The molecule has 1 aromatic heterocycles. The molecule has 1 atom stereocenters. The van der Waals surface area contributed by atoms with Crippen LogP contribution in [0.5, 0.6) is 11.5 Å². The Bertz CT molecular complexity index is 528. The van der Waals surface area contributed by atoms with Gasteiger partial charge in [-0.15, -0.1) is 11.3 Å². The van der Waals surface area contributed by atoms with Gasteiger partial charge in [0.1, 0.15) is 0 Å². The summed E-state index contributed by atoms with van der Waals surface area (Å²) in [7, 11) is 3.23. The fraction of sp³-hybridized carbons (Fsp3) is 0.231. The van der Waals surface area contributed by atoms with Gasteiger partial charge in [0.2, 0.25) is 0 Å². The Morgan fingerprint density at radius 1 is 1.22 bits per heavy atom. The Morgan fingerprint density at radius 3 is 2.44 bits per heavy atom. The van der Waals surface area contributed by atoms with Crippen molar-refractivity contribution in [2.75, 3.05) is 14.2 Å². The van der Waals surface area contributed by atoms with Gasteiger partial charge in [-0.1, -0.05) is 22.0 Å². The van der Waals surface area contributed by atoms with Crippen LogP contribution in [0.2, 0.25) is 0 Å². The first-order valence-corrected chi connectivity index (χ1v) is 7.05. The number of ether oxygens (including phenoxy) is 2. The van der Waals surface area contributed by atoms with Crippen LogP contribution in [-0.4, -0.2) is 14.2 Å². The quantitative estimate of drug-likeness (QED) is 0.933. The molecule has 18 heavy (non-hydrogen) atoms. The van der Waals surface area contributed by atoms with E-state index in [9.17, 15) is 0 Å². The van der Waals surface area contributed by atoms with Gasteiger partial charge >= 0.3 is 0 Å². The Hall–Kier alpha value is -1.04. The van der Waals surface area contributed by atoms with E-state index in [1.54, 1.807) is 25.6 Å². The Kier molecular flexibility index (Phi) is 4.27. The van der Waals surface area contributed by atoms with Gasteiger partial charge in [-0.2, -0.15) is 0 Å². The Balaban J connectivity index is 2.45. The predicted molar refractivity (Wildman–Crippen MR) is 77.6 cm³/mol. The van der Waals surface area contributed by atoms with Gasteiger partial charge in [0.15, 0.2) is 11.5 Å². The summed E-state index contributed by atoms with van der Waals surface area (Å²) in [6, 6.07) is 7.64. The second-order valence-electron chi connectivity index (χ2n) is 3.72. The summed E-state index contributed by atoms with van der Waals surface area (Å²) in [5.74, 6) is 1.37. The smallest absolute Gasteiger partial charge is 0.161 e. The van der Waals surface area contributed by atoms with E-state index in [1.807, 2.05) is 29.6 Å². The highest BCUT2D eigenvalue weighted by molar-refractivity contribution is 9.10. The second-order valence-corrected chi connectivity index (χ2v) is 5.56. The molecule has 2 N–H and O–H groups in total. The molecular formula is C13H14BrNO2S. The zero-order chi connectivity index (χ0) is 13.1. The van der Waals surface area contributed by atoms with Crippen LogP contribution in [0.15, 0.2) is 34.1 Å². The van der Waals surface area contributed by atoms with Gasteiger partial charge < -0.3 is 15.2 Å². The number of methoxy groups -OCH3 is 2. The molecule has 2 aromatic rings. The van der Waals surface area contributed by atoms with E-state index in [1.165, 1.54) is 0 Å². The molecule has 0 bridgehead atoms. The minimum Gasteiger partial charge on any atom is -0.493 e. The maximum Gasteiger partial charge on any atom is 0.161 e. The molecule has 0 aliphatic rings. The molecule has 0 unspecified atom stereocenters. The van der Waals surface area contributed by atoms with Crippen molar-refractivity contribution >= 4 is 27.3 Å². The molecule has 0 spiro atoms. The molecule has 1 aromatic carbocycles. The molecule has 0 aliphatic heterocycles. The molecule has 2 rings (SSSR count). The Morgan fingerprint density at radius 2 is 1.89 bits per heavy atom. The van der Waals surface area contributed by atoms with Crippen molar-refractivity contribution in [2.45, 2.75) is 6.04 Å². The number of thiophene rings is 1. The molecule has 0 saturated heterocycles. The van der Waals surface area contributed by atoms with Crippen molar-refractivity contribution in [3.8, 4) is 11.5 Å². The number of hydrogen-bond donors (Lipinski definition) is 1. The zero-order valence-corrected chi connectivity index (χ0v) is 12.5. The lowest BCUT2D eigenvalue weighted by atomic mass is 10.1. The van der Waals surface area contributed by atoms with Gasteiger partial charge in [0.05, 0.1) is 20.3 Å². The van der Waals surface area contributed by atoms with Gasteiger partial charge in [-0.3, -0.25) is 0 Å². The molecule has 96 valence electrons. The van der Waals surface area contributed by atoms with E-state index in [0.29, 0.717) is 11.5 Å². The lowest BCUT2D eigenvalue weighted by Gasteiger charge is -2.16. The van der Waals surface area contributed by atoms with E-state index >= 15 is 0 Å². The predicted octanol–water partition coefficient (Wildman–Crippen LogP) is 3.58. The Labute approximate surface area is 119 Å². The van der Waals surface area contributed by atoms with E-state index < -0.39 is 0 Å². The zero-order valence-electron chi connectivity index (χ0n) is 10.1. The molecule has 5 heteroatoms. The third-order valence-corrected chi connectivity index (χ3v) is 4.33. The molecule has 0 saturated carbocycles. The molecule has 0 radical (unpaired) electrons. The lowest BCUT2D eigenvalue weighted by Crippen LogP contribution is -2.11. The molecule has 0 aliphatic carbocycles. The lowest BCUT2D eigenvalue weighted by molar-refractivity contribution is 0.354. The average molecular weight is 328 g/mol. The summed E-state index contributed by atoms with van der Waals surface area (Å²) in [6.45, 7) is 0. The number of nitrogens with two attached hydrogens (primary N) is 1. The minimum absolute atomic E-state index is 0.167. The molecular weight excluding hydrogens is 314 g/mol. The van der Waals surface area contributed by atoms with Crippen LogP contribution >= 0.6 is 27.3 Å². The topological polar surface area (TPSA) is 44.5 Å². The molecule has 0 amide bonds. The summed E-state index contributed by atoms with van der Waals surface area (Å²) >= 11 is 5.17. The number of halogens is 1. The highest BCUT2D eigenvalue weighted by Crippen LogP contribution is 2.37. The van der Waals surface area contributed by atoms with Crippen LogP contribution in [0.25, 0.3) is 0 Å². The molecule has 0 fully saturated rings. The standard InChI is InChI=1S/C13H14BrNO2S/c1-16-10-6-8(9(14)7-11(10)17-2)13(15)12-4-3-5-18-12/h3-7,13H,15H2,1-2H3/t13-/m0/s1. The van der Waals surface area contributed by atoms with Crippen molar-refractivity contribution in [1.82, 2.24) is 0 Å². The van der Waals surface area contributed by atoms with Crippen molar-refractivity contribution in [3.63, 3.8) is 0 Å². The first-order chi connectivity index (χ1) is 8.67. The van der Waals surface area contributed by atoms with Crippen molar-refractivity contribution in [1.29, 1.82) is 0 Å². The maximum atomic E-state index is 6.26. The molecule has 1 heterocycles. The van der Waals surface area contributed by atoms with E-state index in [0.717, 1.165) is 14.9 Å². The summed E-state index contributed by atoms with van der Waals surface area (Å²) in [5, 5.41) is 2.02. The summed E-state index contributed by atoms with van der Waals surface area (Å²) in [6.07, 6.45) is 0. The first kappa shape index (κ1) is 13.4.